The van der Waals surface area contributed by atoms with Crippen LogP contribution in [0.25, 0.3) is 0 Å². The molecule has 11 heavy (non-hydrogen) atoms. The van der Waals surface area contributed by atoms with Crippen LogP contribution in [-0.4, -0.2) is 4.98 Å². The molecule has 0 spiro atoms. The second-order valence-electron chi connectivity index (χ2n) is 1.91. The van der Waals surface area contributed by atoms with Crippen LogP contribution in [-0.2, 0) is 6.42 Å². The van der Waals surface area contributed by atoms with E-state index in [9.17, 15) is 4.79 Å². The predicted molar refractivity (Wildman–Crippen MR) is 47.8 cm³/mol. The summed E-state index contributed by atoms with van der Waals surface area (Å²) in [7, 11) is 0. The Morgan fingerprint density at radius 3 is 2.45 bits per heavy atom. The van der Waals surface area contributed by atoms with E-state index in [0.717, 1.165) is 12.0 Å². The van der Waals surface area contributed by atoms with Gasteiger partial charge in [-0.05, 0) is 18.1 Å². The van der Waals surface area contributed by atoms with Crippen LogP contribution in [0, 0.1) is 0 Å². The standard InChI is InChI=1S/C7H9NO.C2H6/c1-2-6-3-4-8-7(9)5-6;1-2/h3-5H,2H2,1H3,(H,8,9);1-2H3. The third-order valence-corrected chi connectivity index (χ3v) is 1.25. The second-order valence-corrected chi connectivity index (χ2v) is 1.91. The van der Waals surface area contributed by atoms with E-state index in [2.05, 4.69) is 4.98 Å². The smallest absolute Gasteiger partial charge is 0.248 e. The number of aryl methyl sites for hydroxylation is 1. The minimum atomic E-state index is -0.0191. The summed E-state index contributed by atoms with van der Waals surface area (Å²) in [6.45, 7) is 6.02. The molecule has 0 saturated heterocycles. The molecule has 0 bridgehead atoms. The van der Waals surface area contributed by atoms with Gasteiger partial charge in [-0.2, -0.15) is 0 Å². The molecular weight excluding hydrogens is 138 g/mol. The number of hydrogen-bond acceptors (Lipinski definition) is 1. The molecule has 1 N–H and O–H groups in total. The first kappa shape index (κ1) is 9.95. The molecule has 0 atom stereocenters. The van der Waals surface area contributed by atoms with Gasteiger partial charge in [0.15, 0.2) is 0 Å². The Balaban J connectivity index is 0.000000461. The molecule has 0 radical (unpaired) electrons. The predicted octanol–water partition coefficient (Wildman–Crippen LogP) is 1.96. The van der Waals surface area contributed by atoms with Crippen LogP contribution in [0.5, 0.6) is 0 Å². The van der Waals surface area contributed by atoms with Crippen LogP contribution in [0.2, 0.25) is 0 Å². The van der Waals surface area contributed by atoms with Gasteiger partial charge in [0.05, 0.1) is 0 Å². The number of H-pyrrole nitrogens is 1. The highest BCUT2D eigenvalue weighted by Gasteiger charge is 1.85. The fourth-order valence-electron chi connectivity index (χ4n) is 0.709. The van der Waals surface area contributed by atoms with Crippen molar-refractivity contribution in [1.29, 1.82) is 0 Å². The minimum absolute atomic E-state index is 0.0191. The van der Waals surface area contributed by atoms with Gasteiger partial charge in [0.2, 0.25) is 5.56 Å². The second kappa shape index (κ2) is 5.71. The molecule has 2 nitrogen and oxygen atoms in total. The minimum Gasteiger partial charge on any atom is -0.329 e. The summed E-state index contributed by atoms with van der Waals surface area (Å²) < 4.78 is 0. The lowest BCUT2D eigenvalue weighted by Crippen LogP contribution is -2.02. The van der Waals surface area contributed by atoms with Crippen molar-refractivity contribution in [2.45, 2.75) is 27.2 Å². The van der Waals surface area contributed by atoms with Gasteiger partial charge in [0.25, 0.3) is 0 Å². The number of hydrogen-bond donors (Lipinski definition) is 1. The summed E-state index contributed by atoms with van der Waals surface area (Å²) in [6.07, 6.45) is 2.59. The molecule has 0 amide bonds. The Kier molecular flexibility index (Phi) is 5.17. The van der Waals surface area contributed by atoms with Gasteiger partial charge >= 0.3 is 0 Å². The third-order valence-electron chi connectivity index (χ3n) is 1.25. The van der Waals surface area contributed by atoms with Gasteiger partial charge in [0, 0.05) is 12.3 Å². The number of pyridine rings is 1. The molecule has 0 aromatic carbocycles. The van der Waals surface area contributed by atoms with Crippen LogP contribution in [0.1, 0.15) is 26.3 Å². The summed E-state index contributed by atoms with van der Waals surface area (Å²) in [5, 5.41) is 0. The average Bonchev–Trinajstić information content (AvgIpc) is 2.08. The Hall–Kier alpha value is -1.05. The molecule has 1 heterocycles. The number of aromatic nitrogens is 1. The summed E-state index contributed by atoms with van der Waals surface area (Å²) in [5.74, 6) is 0. The molecule has 0 fully saturated rings. The molecule has 0 aliphatic heterocycles. The Morgan fingerprint density at radius 1 is 1.45 bits per heavy atom. The van der Waals surface area contributed by atoms with Gasteiger partial charge in [-0.3, -0.25) is 4.79 Å². The van der Waals surface area contributed by atoms with Crippen LogP contribution < -0.4 is 5.56 Å². The summed E-state index contributed by atoms with van der Waals surface area (Å²) >= 11 is 0. The zero-order valence-electron chi connectivity index (χ0n) is 7.35. The first-order valence-electron chi connectivity index (χ1n) is 4.00. The van der Waals surface area contributed by atoms with E-state index in [-0.39, 0.29) is 5.56 Å². The lowest BCUT2D eigenvalue weighted by Gasteiger charge is -1.89. The number of aromatic amines is 1. The SMILES string of the molecule is CC.CCc1cc[nH]c(=O)c1. The van der Waals surface area contributed by atoms with Crippen LogP contribution in [0.15, 0.2) is 23.1 Å². The number of nitrogens with one attached hydrogen (secondary N) is 1. The van der Waals surface area contributed by atoms with Crippen molar-refractivity contribution in [3.05, 3.63) is 34.2 Å². The van der Waals surface area contributed by atoms with Crippen molar-refractivity contribution in [3.8, 4) is 0 Å². The van der Waals surface area contributed by atoms with E-state index < -0.39 is 0 Å². The molecule has 1 aromatic heterocycles. The van der Waals surface area contributed by atoms with E-state index >= 15 is 0 Å². The highest BCUT2D eigenvalue weighted by atomic mass is 16.1. The normalized spacial score (nSPS) is 8.27. The highest BCUT2D eigenvalue weighted by Crippen LogP contribution is 1.91. The third kappa shape index (κ3) is 3.61. The first-order valence-corrected chi connectivity index (χ1v) is 4.00. The van der Waals surface area contributed by atoms with Crippen LogP contribution in [0.4, 0.5) is 0 Å². The fraction of sp³-hybridized carbons (Fsp3) is 0.444. The molecule has 2 heteroatoms. The monoisotopic (exact) mass is 153 g/mol. The molecule has 62 valence electrons. The van der Waals surface area contributed by atoms with Crippen molar-refractivity contribution < 1.29 is 0 Å². The largest absolute Gasteiger partial charge is 0.329 e. The maximum Gasteiger partial charge on any atom is 0.248 e. The van der Waals surface area contributed by atoms with E-state index in [4.69, 9.17) is 0 Å². The zero-order chi connectivity index (χ0) is 8.69. The van der Waals surface area contributed by atoms with E-state index in [1.54, 1.807) is 12.3 Å². The maximum absolute atomic E-state index is 10.6. The Morgan fingerprint density at radius 2 is 2.09 bits per heavy atom. The molecule has 1 rings (SSSR count). The highest BCUT2D eigenvalue weighted by molar-refractivity contribution is 5.08. The van der Waals surface area contributed by atoms with Crippen LogP contribution >= 0.6 is 0 Å². The van der Waals surface area contributed by atoms with Gasteiger partial charge in [-0.25, -0.2) is 0 Å². The Labute approximate surface area is 67.3 Å². The van der Waals surface area contributed by atoms with Gasteiger partial charge in [-0.1, -0.05) is 20.8 Å². The number of rotatable bonds is 1. The lowest BCUT2D eigenvalue weighted by atomic mass is 10.2. The molecule has 0 unspecified atom stereocenters. The van der Waals surface area contributed by atoms with Crippen molar-refractivity contribution in [2.75, 3.05) is 0 Å². The van der Waals surface area contributed by atoms with Crippen molar-refractivity contribution in [3.63, 3.8) is 0 Å². The van der Waals surface area contributed by atoms with Gasteiger partial charge in [0.1, 0.15) is 0 Å². The summed E-state index contributed by atoms with van der Waals surface area (Å²) in [5.41, 5.74) is 1.06. The van der Waals surface area contributed by atoms with E-state index in [1.165, 1.54) is 0 Å². The molecular formula is C9H15NO. The summed E-state index contributed by atoms with van der Waals surface area (Å²) in [6, 6.07) is 3.52. The molecule has 0 aliphatic rings. The quantitative estimate of drug-likeness (QED) is 0.657. The van der Waals surface area contributed by atoms with Gasteiger partial charge < -0.3 is 4.98 Å². The fourth-order valence-corrected chi connectivity index (χ4v) is 0.709. The van der Waals surface area contributed by atoms with E-state index in [1.807, 2.05) is 26.8 Å². The van der Waals surface area contributed by atoms with Crippen molar-refractivity contribution in [1.82, 2.24) is 4.98 Å². The molecule has 0 aliphatic carbocycles. The Bertz CT molecular complexity index is 239. The average molecular weight is 153 g/mol. The van der Waals surface area contributed by atoms with Crippen molar-refractivity contribution in [2.24, 2.45) is 0 Å². The molecule has 1 aromatic rings. The maximum atomic E-state index is 10.6. The van der Waals surface area contributed by atoms with Gasteiger partial charge in [-0.15, -0.1) is 0 Å². The summed E-state index contributed by atoms with van der Waals surface area (Å²) in [4.78, 5) is 13.1. The zero-order valence-corrected chi connectivity index (χ0v) is 7.35. The van der Waals surface area contributed by atoms with Crippen LogP contribution in [0.3, 0.4) is 0 Å². The van der Waals surface area contributed by atoms with Crippen molar-refractivity contribution >= 4 is 0 Å². The van der Waals surface area contributed by atoms with E-state index in [0.29, 0.717) is 0 Å². The topological polar surface area (TPSA) is 32.9 Å². The first-order chi connectivity index (χ1) is 5.33. The lowest BCUT2D eigenvalue weighted by molar-refractivity contribution is 1.10. The molecule has 0 saturated carbocycles.